The lowest BCUT2D eigenvalue weighted by Crippen LogP contribution is -2.06. The molecule has 1 rings (SSSR count). The van der Waals surface area contributed by atoms with Crippen LogP contribution in [0.2, 0.25) is 5.15 Å². The number of esters is 1. The number of carboxylic acid groups (broad SMARTS) is 1. The maximum atomic E-state index is 11.0. The van der Waals surface area contributed by atoms with E-state index in [0.29, 0.717) is 0 Å². The molecule has 74 valence electrons. The number of pyridine rings is 1. The highest BCUT2D eigenvalue weighted by atomic mass is 35.5. The maximum absolute atomic E-state index is 11.0. The zero-order chi connectivity index (χ0) is 10.7. The molecule has 1 aromatic rings. The number of hydrogen-bond acceptors (Lipinski definition) is 4. The molecule has 5 nitrogen and oxygen atoms in total. The highest BCUT2D eigenvalue weighted by Crippen LogP contribution is 2.14. The quantitative estimate of drug-likeness (QED) is 0.593. The predicted molar refractivity (Wildman–Crippen MR) is 47.5 cm³/mol. The molecule has 0 atom stereocenters. The van der Waals surface area contributed by atoms with Crippen LogP contribution in [0.25, 0.3) is 0 Å². The van der Waals surface area contributed by atoms with Gasteiger partial charge in [0.05, 0.1) is 18.2 Å². The van der Waals surface area contributed by atoms with Gasteiger partial charge in [-0.2, -0.15) is 0 Å². The summed E-state index contributed by atoms with van der Waals surface area (Å²) in [4.78, 5) is 25.2. The third-order valence-electron chi connectivity index (χ3n) is 1.49. The summed E-state index contributed by atoms with van der Waals surface area (Å²) in [6, 6.07) is 1.11. The first-order chi connectivity index (χ1) is 6.56. The Morgan fingerprint density at radius 3 is 2.71 bits per heavy atom. The Bertz CT molecular complexity index is 391. The second-order valence-corrected chi connectivity index (χ2v) is 2.72. The zero-order valence-corrected chi connectivity index (χ0v) is 7.91. The molecule has 0 spiro atoms. The van der Waals surface area contributed by atoms with Gasteiger partial charge >= 0.3 is 11.9 Å². The van der Waals surface area contributed by atoms with Crippen LogP contribution in [0.15, 0.2) is 12.3 Å². The molecule has 1 aromatic heterocycles. The zero-order valence-electron chi connectivity index (χ0n) is 7.15. The van der Waals surface area contributed by atoms with Crippen molar-refractivity contribution in [3.05, 3.63) is 28.5 Å². The lowest BCUT2D eigenvalue weighted by Gasteiger charge is -2.01. The SMILES string of the molecule is COC(=O)c1cnc(Cl)c(C(=O)O)c1. The predicted octanol–water partition coefficient (Wildman–Crippen LogP) is 1.22. The van der Waals surface area contributed by atoms with Crippen LogP contribution in [0.5, 0.6) is 0 Å². The van der Waals surface area contributed by atoms with Gasteiger partial charge in [-0.05, 0) is 6.07 Å². The fourth-order valence-corrected chi connectivity index (χ4v) is 1.01. The molecule has 0 aromatic carbocycles. The standard InChI is InChI=1S/C8H6ClNO4/c1-14-8(13)4-2-5(7(11)12)6(9)10-3-4/h2-3H,1H3,(H,11,12). The second-order valence-electron chi connectivity index (χ2n) is 2.36. The van der Waals surface area contributed by atoms with E-state index in [-0.39, 0.29) is 16.3 Å². The Morgan fingerprint density at radius 1 is 1.57 bits per heavy atom. The molecule has 6 heteroatoms. The average Bonchev–Trinajstić information content (AvgIpc) is 2.17. The van der Waals surface area contributed by atoms with E-state index in [9.17, 15) is 9.59 Å². The number of carbonyl (C=O) groups is 2. The van der Waals surface area contributed by atoms with Crippen molar-refractivity contribution in [1.29, 1.82) is 0 Å². The lowest BCUT2D eigenvalue weighted by molar-refractivity contribution is 0.0600. The van der Waals surface area contributed by atoms with Crippen LogP contribution in [0.1, 0.15) is 20.7 Å². The number of aromatic carboxylic acids is 1. The van der Waals surface area contributed by atoms with Gasteiger partial charge in [-0.1, -0.05) is 11.6 Å². The number of hydrogen-bond donors (Lipinski definition) is 1. The van der Waals surface area contributed by atoms with Gasteiger partial charge in [0.1, 0.15) is 5.15 Å². The van der Waals surface area contributed by atoms with E-state index in [1.807, 2.05) is 0 Å². The topological polar surface area (TPSA) is 76.5 Å². The number of rotatable bonds is 2. The molecular formula is C8H6ClNO4. The molecule has 14 heavy (non-hydrogen) atoms. The number of carboxylic acids is 1. The summed E-state index contributed by atoms with van der Waals surface area (Å²) >= 11 is 5.50. The summed E-state index contributed by atoms with van der Waals surface area (Å²) in [6.45, 7) is 0. The third kappa shape index (κ3) is 2.00. The molecule has 0 radical (unpaired) electrons. The molecule has 0 aliphatic heterocycles. The van der Waals surface area contributed by atoms with Crippen molar-refractivity contribution in [2.75, 3.05) is 7.11 Å². The van der Waals surface area contributed by atoms with Crippen LogP contribution in [-0.4, -0.2) is 29.1 Å². The third-order valence-corrected chi connectivity index (χ3v) is 1.79. The minimum Gasteiger partial charge on any atom is -0.478 e. The summed E-state index contributed by atoms with van der Waals surface area (Å²) in [7, 11) is 1.19. The molecule has 0 aliphatic carbocycles. The summed E-state index contributed by atoms with van der Waals surface area (Å²) in [5, 5.41) is 8.51. The van der Waals surface area contributed by atoms with E-state index in [0.717, 1.165) is 12.3 Å². The van der Waals surface area contributed by atoms with Crippen molar-refractivity contribution in [1.82, 2.24) is 4.98 Å². The Kier molecular flexibility index (Phi) is 3.03. The summed E-state index contributed by atoms with van der Waals surface area (Å²) < 4.78 is 4.40. The van der Waals surface area contributed by atoms with Gasteiger partial charge < -0.3 is 9.84 Å². The Hall–Kier alpha value is -1.62. The highest BCUT2D eigenvalue weighted by molar-refractivity contribution is 6.32. The number of carbonyl (C=O) groups excluding carboxylic acids is 1. The minimum absolute atomic E-state index is 0.0503. The summed E-state index contributed by atoms with van der Waals surface area (Å²) in [6.07, 6.45) is 1.15. The number of halogens is 1. The molecule has 1 N–H and O–H groups in total. The van der Waals surface area contributed by atoms with E-state index in [1.54, 1.807) is 0 Å². The smallest absolute Gasteiger partial charge is 0.339 e. The highest BCUT2D eigenvalue weighted by Gasteiger charge is 2.14. The Balaban J connectivity index is 3.19. The molecule has 0 saturated carbocycles. The maximum Gasteiger partial charge on any atom is 0.339 e. The van der Waals surface area contributed by atoms with Crippen LogP contribution < -0.4 is 0 Å². The van der Waals surface area contributed by atoms with Crippen molar-refractivity contribution >= 4 is 23.5 Å². The first kappa shape index (κ1) is 10.5. The molecule has 0 saturated heterocycles. The first-order valence-electron chi connectivity index (χ1n) is 3.53. The average molecular weight is 216 g/mol. The van der Waals surface area contributed by atoms with Crippen molar-refractivity contribution < 1.29 is 19.4 Å². The lowest BCUT2D eigenvalue weighted by atomic mass is 10.2. The molecule has 0 bridgehead atoms. The number of methoxy groups -OCH3 is 1. The number of aromatic nitrogens is 1. The minimum atomic E-state index is -1.24. The summed E-state index contributed by atoms with van der Waals surface area (Å²) in [5.74, 6) is -1.90. The van der Waals surface area contributed by atoms with Gasteiger partial charge in [-0.15, -0.1) is 0 Å². The van der Waals surface area contributed by atoms with Crippen LogP contribution in [0.4, 0.5) is 0 Å². The molecule has 0 unspecified atom stereocenters. The van der Waals surface area contributed by atoms with Crippen molar-refractivity contribution in [3.8, 4) is 0 Å². The Labute approximate surface area is 84.3 Å². The monoisotopic (exact) mass is 215 g/mol. The number of nitrogens with zero attached hydrogens (tertiary/aromatic N) is 1. The molecule has 1 heterocycles. The van der Waals surface area contributed by atoms with Crippen LogP contribution in [-0.2, 0) is 4.74 Å². The van der Waals surface area contributed by atoms with Crippen molar-refractivity contribution in [2.24, 2.45) is 0 Å². The largest absolute Gasteiger partial charge is 0.478 e. The van der Waals surface area contributed by atoms with E-state index in [2.05, 4.69) is 9.72 Å². The van der Waals surface area contributed by atoms with Gasteiger partial charge in [0.25, 0.3) is 0 Å². The van der Waals surface area contributed by atoms with Gasteiger partial charge in [0, 0.05) is 6.20 Å². The summed E-state index contributed by atoms with van der Waals surface area (Å²) in [5.41, 5.74) is -0.177. The number of ether oxygens (including phenoxy) is 1. The van der Waals surface area contributed by atoms with Crippen molar-refractivity contribution in [2.45, 2.75) is 0 Å². The van der Waals surface area contributed by atoms with Crippen LogP contribution >= 0.6 is 11.6 Å². The Morgan fingerprint density at radius 2 is 2.21 bits per heavy atom. The first-order valence-corrected chi connectivity index (χ1v) is 3.91. The molecular weight excluding hydrogens is 210 g/mol. The van der Waals surface area contributed by atoms with E-state index in [1.165, 1.54) is 7.11 Å². The van der Waals surface area contributed by atoms with E-state index < -0.39 is 11.9 Å². The fraction of sp³-hybridized carbons (Fsp3) is 0.125. The van der Waals surface area contributed by atoms with Gasteiger partial charge in [0.15, 0.2) is 0 Å². The fourth-order valence-electron chi connectivity index (χ4n) is 0.828. The normalized spacial score (nSPS) is 9.57. The van der Waals surface area contributed by atoms with Gasteiger partial charge in [-0.3, -0.25) is 0 Å². The van der Waals surface area contributed by atoms with E-state index in [4.69, 9.17) is 16.7 Å². The molecule has 0 aliphatic rings. The van der Waals surface area contributed by atoms with E-state index >= 15 is 0 Å². The van der Waals surface area contributed by atoms with Crippen molar-refractivity contribution in [3.63, 3.8) is 0 Å². The second kappa shape index (κ2) is 4.06. The van der Waals surface area contributed by atoms with Gasteiger partial charge in [-0.25, -0.2) is 14.6 Å². The molecule has 0 amide bonds. The van der Waals surface area contributed by atoms with Crippen LogP contribution in [0.3, 0.4) is 0 Å². The van der Waals surface area contributed by atoms with Gasteiger partial charge in [0.2, 0.25) is 0 Å². The van der Waals surface area contributed by atoms with Crippen LogP contribution in [0, 0.1) is 0 Å². The molecule has 0 fully saturated rings.